The summed E-state index contributed by atoms with van der Waals surface area (Å²) in [5, 5.41) is 1.11. The number of rotatable bonds is 5. The van der Waals surface area contributed by atoms with E-state index in [1.54, 1.807) is 0 Å². The quantitative estimate of drug-likeness (QED) is 0.893. The van der Waals surface area contributed by atoms with E-state index >= 15 is 0 Å². The number of nitrogen functional groups attached to an aromatic ring is 1. The standard InChI is InChI=1S/C15H20N4/c1-2-3-10-19(11-8-9-11)14-12-6-4-5-7-13(12)17-15(16)18-14/h4-7,11H,2-3,8-10H2,1H3,(H2,16,17,18). The summed E-state index contributed by atoms with van der Waals surface area (Å²) < 4.78 is 0. The molecule has 2 aromatic rings. The summed E-state index contributed by atoms with van der Waals surface area (Å²) in [6, 6.07) is 8.76. The highest BCUT2D eigenvalue weighted by atomic mass is 15.2. The molecule has 19 heavy (non-hydrogen) atoms. The Bertz CT molecular complexity index is 577. The fraction of sp³-hybridized carbons (Fsp3) is 0.467. The summed E-state index contributed by atoms with van der Waals surface area (Å²) in [5.41, 5.74) is 6.80. The second-order valence-electron chi connectivity index (χ2n) is 5.20. The second-order valence-corrected chi connectivity index (χ2v) is 5.20. The van der Waals surface area contributed by atoms with Gasteiger partial charge in [-0.3, -0.25) is 0 Å². The van der Waals surface area contributed by atoms with E-state index in [0.29, 0.717) is 12.0 Å². The van der Waals surface area contributed by atoms with Gasteiger partial charge in [-0.1, -0.05) is 25.5 Å². The number of hydrogen-bond donors (Lipinski definition) is 1. The fourth-order valence-corrected chi connectivity index (χ4v) is 2.47. The van der Waals surface area contributed by atoms with E-state index in [2.05, 4.69) is 27.9 Å². The Morgan fingerprint density at radius 1 is 1.26 bits per heavy atom. The summed E-state index contributed by atoms with van der Waals surface area (Å²) in [6.07, 6.45) is 4.92. The van der Waals surface area contributed by atoms with Crippen molar-refractivity contribution in [3.63, 3.8) is 0 Å². The SMILES string of the molecule is CCCCN(c1nc(N)nc2ccccc12)C1CC1. The van der Waals surface area contributed by atoms with Gasteiger partial charge in [0.2, 0.25) is 5.95 Å². The predicted octanol–water partition coefficient (Wildman–Crippen LogP) is 2.98. The zero-order chi connectivity index (χ0) is 13.2. The Morgan fingerprint density at radius 2 is 2.05 bits per heavy atom. The van der Waals surface area contributed by atoms with Crippen molar-refractivity contribution in [3.05, 3.63) is 24.3 Å². The van der Waals surface area contributed by atoms with E-state index in [4.69, 9.17) is 5.73 Å². The first-order valence-electron chi connectivity index (χ1n) is 7.08. The second kappa shape index (κ2) is 5.03. The molecule has 0 saturated heterocycles. The van der Waals surface area contributed by atoms with Gasteiger partial charge >= 0.3 is 0 Å². The van der Waals surface area contributed by atoms with Crippen LogP contribution in [0.5, 0.6) is 0 Å². The first kappa shape index (κ1) is 12.2. The molecule has 1 fully saturated rings. The normalized spacial score (nSPS) is 14.8. The van der Waals surface area contributed by atoms with Crippen LogP contribution in [0.25, 0.3) is 10.9 Å². The van der Waals surface area contributed by atoms with Gasteiger partial charge in [-0.05, 0) is 31.4 Å². The molecule has 100 valence electrons. The van der Waals surface area contributed by atoms with E-state index in [1.807, 2.05) is 18.2 Å². The van der Waals surface area contributed by atoms with Gasteiger partial charge in [0, 0.05) is 18.0 Å². The van der Waals surface area contributed by atoms with Crippen LogP contribution in [0.15, 0.2) is 24.3 Å². The highest BCUT2D eigenvalue weighted by Gasteiger charge is 2.30. The maximum atomic E-state index is 5.86. The molecule has 0 aliphatic heterocycles. The molecule has 1 heterocycles. The average Bonchev–Trinajstić information content (AvgIpc) is 3.23. The third-order valence-corrected chi connectivity index (χ3v) is 3.61. The summed E-state index contributed by atoms with van der Waals surface area (Å²) >= 11 is 0. The number of hydrogen-bond acceptors (Lipinski definition) is 4. The topological polar surface area (TPSA) is 55.0 Å². The van der Waals surface area contributed by atoms with Gasteiger partial charge in [0.1, 0.15) is 5.82 Å². The summed E-state index contributed by atoms with van der Waals surface area (Å²) in [5.74, 6) is 1.38. The molecule has 1 saturated carbocycles. The van der Waals surface area contributed by atoms with Crippen molar-refractivity contribution >= 4 is 22.7 Å². The lowest BCUT2D eigenvalue weighted by Crippen LogP contribution is -2.28. The summed E-state index contributed by atoms with van der Waals surface area (Å²) in [7, 11) is 0. The van der Waals surface area contributed by atoms with Crippen LogP contribution < -0.4 is 10.6 Å². The lowest BCUT2D eigenvalue weighted by atomic mass is 10.2. The van der Waals surface area contributed by atoms with Crippen LogP contribution in [0.2, 0.25) is 0 Å². The molecule has 0 spiro atoms. The van der Waals surface area contributed by atoms with Crippen LogP contribution in [-0.4, -0.2) is 22.6 Å². The highest BCUT2D eigenvalue weighted by Crippen LogP contribution is 2.34. The molecule has 2 N–H and O–H groups in total. The van der Waals surface area contributed by atoms with Gasteiger partial charge in [-0.15, -0.1) is 0 Å². The van der Waals surface area contributed by atoms with Crippen LogP contribution in [0, 0.1) is 0 Å². The van der Waals surface area contributed by atoms with Gasteiger partial charge in [0.05, 0.1) is 5.52 Å². The number of unbranched alkanes of at least 4 members (excludes halogenated alkanes) is 1. The van der Waals surface area contributed by atoms with Crippen molar-refractivity contribution in [1.82, 2.24) is 9.97 Å². The minimum Gasteiger partial charge on any atom is -0.368 e. The smallest absolute Gasteiger partial charge is 0.222 e. The van der Waals surface area contributed by atoms with E-state index in [9.17, 15) is 0 Å². The average molecular weight is 256 g/mol. The summed E-state index contributed by atoms with van der Waals surface area (Å²) in [6.45, 7) is 3.28. The molecular formula is C15H20N4. The van der Waals surface area contributed by atoms with Gasteiger partial charge in [-0.25, -0.2) is 4.98 Å². The van der Waals surface area contributed by atoms with E-state index in [1.165, 1.54) is 25.7 Å². The van der Waals surface area contributed by atoms with Gasteiger partial charge < -0.3 is 10.6 Å². The molecule has 1 aromatic carbocycles. The van der Waals surface area contributed by atoms with Crippen molar-refractivity contribution in [1.29, 1.82) is 0 Å². The molecule has 0 unspecified atom stereocenters. The van der Waals surface area contributed by atoms with Crippen LogP contribution >= 0.6 is 0 Å². The van der Waals surface area contributed by atoms with Crippen LogP contribution in [0.1, 0.15) is 32.6 Å². The molecular weight excluding hydrogens is 236 g/mol. The number of aromatic nitrogens is 2. The van der Waals surface area contributed by atoms with Crippen molar-refractivity contribution < 1.29 is 0 Å². The number of fused-ring (bicyclic) bond motifs is 1. The van der Waals surface area contributed by atoms with Crippen molar-refractivity contribution in [2.24, 2.45) is 0 Å². The monoisotopic (exact) mass is 256 g/mol. The number of nitrogens with two attached hydrogens (primary N) is 1. The third kappa shape index (κ3) is 2.48. The van der Waals surface area contributed by atoms with Gasteiger partial charge in [0.25, 0.3) is 0 Å². The predicted molar refractivity (Wildman–Crippen MR) is 79.2 cm³/mol. The van der Waals surface area contributed by atoms with Crippen molar-refractivity contribution in [3.8, 4) is 0 Å². The molecule has 1 aromatic heterocycles. The van der Waals surface area contributed by atoms with E-state index < -0.39 is 0 Å². The molecule has 3 rings (SSSR count). The first-order chi connectivity index (χ1) is 9.29. The molecule has 0 bridgehead atoms. The zero-order valence-electron chi connectivity index (χ0n) is 11.3. The maximum Gasteiger partial charge on any atom is 0.222 e. The molecule has 0 amide bonds. The van der Waals surface area contributed by atoms with Gasteiger partial charge in [0.15, 0.2) is 0 Å². The van der Waals surface area contributed by atoms with Gasteiger partial charge in [-0.2, -0.15) is 4.98 Å². The molecule has 4 nitrogen and oxygen atoms in total. The van der Waals surface area contributed by atoms with E-state index in [0.717, 1.165) is 23.3 Å². The molecule has 4 heteroatoms. The Kier molecular flexibility index (Phi) is 3.23. The zero-order valence-corrected chi connectivity index (χ0v) is 11.3. The highest BCUT2D eigenvalue weighted by molar-refractivity contribution is 5.90. The number of anilines is 2. The Morgan fingerprint density at radius 3 is 2.79 bits per heavy atom. The molecule has 0 atom stereocenters. The number of para-hydroxylation sites is 1. The van der Waals surface area contributed by atoms with Crippen LogP contribution in [0.3, 0.4) is 0 Å². The maximum absolute atomic E-state index is 5.86. The Balaban J connectivity index is 2.05. The lowest BCUT2D eigenvalue weighted by Gasteiger charge is -2.24. The summed E-state index contributed by atoms with van der Waals surface area (Å²) in [4.78, 5) is 11.2. The lowest BCUT2D eigenvalue weighted by molar-refractivity contribution is 0.707. The number of nitrogens with zero attached hydrogens (tertiary/aromatic N) is 3. The van der Waals surface area contributed by atoms with E-state index in [-0.39, 0.29) is 0 Å². The Hall–Kier alpha value is -1.84. The van der Waals surface area contributed by atoms with Crippen LogP contribution in [-0.2, 0) is 0 Å². The fourth-order valence-electron chi connectivity index (χ4n) is 2.47. The third-order valence-electron chi connectivity index (χ3n) is 3.61. The number of benzene rings is 1. The molecule has 0 radical (unpaired) electrons. The molecule has 1 aliphatic rings. The largest absolute Gasteiger partial charge is 0.368 e. The van der Waals surface area contributed by atoms with Crippen LogP contribution in [0.4, 0.5) is 11.8 Å². The molecule has 1 aliphatic carbocycles. The first-order valence-corrected chi connectivity index (χ1v) is 7.08. The minimum absolute atomic E-state index is 0.371. The van der Waals surface area contributed by atoms with Crippen molar-refractivity contribution in [2.45, 2.75) is 38.6 Å². The minimum atomic E-state index is 0.371. The Labute approximate surface area is 113 Å². The van der Waals surface area contributed by atoms with Crippen molar-refractivity contribution in [2.75, 3.05) is 17.2 Å².